The lowest BCUT2D eigenvalue weighted by Crippen LogP contribution is -1.93. The van der Waals surface area contributed by atoms with E-state index in [1.807, 2.05) is 42.5 Å². The smallest absolute Gasteiger partial charge is 0.171 e. The van der Waals surface area contributed by atoms with Crippen molar-refractivity contribution in [2.75, 3.05) is 7.11 Å². The summed E-state index contributed by atoms with van der Waals surface area (Å²) in [5, 5.41) is 13.8. The number of aromatic nitrogens is 1. The maximum atomic E-state index is 11.1. The van der Waals surface area contributed by atoms with Gasteiger partial charge in [0.1, 0.15) is 0 Å². The highest BCUT2D eigenvalue weighted by atomic mass is 16.5. The van der Waals surface area contributed by atoms with Crippen LogP contribution in [0.1, 0.15) is 0 Å². The number of rotatable bonds is 3. The number of phenols is 1. The van der Waals surface area contributed by atoms with Gasteiger partial charge in [-0.2, -0.15) is 0 Å². The van der Waals surface area contributed by atoms with Crippen LogP contribution in [0.3, 0.4) is 0 Å². The van der Waals surface area contributed by atoms with Crippen molar-refractivity contribution in [3.8, 4) is 33.9 Å². The van der Waals surface area contributed by atoms with E-state index in [1.54, 1.807) is 7.11 Å². The van der Waals surface area contributed by atoms with Crippen molar-refractivity contribution in [2.24, 2.45) is 7.05 Å². The molecule has 0 aliphatic rings. The van der Waals surface area contributed by atoms with Gasteiger partial charge in [0.2, 0.25) is 0 Å². The topological polar surface area (TPSA) is 34.4 Å². The minimum absolute atomic E-state index is 0.179. The molecule has 0 saturated heterocycles. The summed E-state index contributed by atoms with van der Waals surface area (Å²) in [6.07, 6.45) is 0. The quantitative estimate of drug-likeness (QED) is 0.395. The van der Waals surface area contributed by atoms with Gasteiger partial charge < -0.3 is 14.4 Å². The number of hydrogen-bond donors (Lipinski definition) is 1. The van der Waals surface area contributed by atoms with Crippen LogP contribution in [-0.2, 0) is 7.05 Å². The molecule has 3 nitrogen and oxygen atoms in total. The minimum atomic E-state index is 0.179. The fourth-order valence-corrected chi connectivity index (χ4v) is 4.38. The molecule has 1 aromatic heterocycles. The zero-order valence-corrected chi connectivity index (χ0v) is 16.4. The third kappa shape index (κ3) is 2.51. The Morgan fingerprint density at radius 3 is 1.90 bits per heavy atom. The molecular formula is C26H21NO2. The number of aryl methyl sites for hydroxylation is 1. The van der Waals surface area contributed by atoms with Crippen LogP contribution in [0.15, 0.2) is 84.9 Å². The monoisotopic (exact) mass is 379 g/mol. The second-order valence-electron chi connectivity index (χ2n) is 7.17. The molecule has 3 heteroatoms. The molecule has 0 bridgehead atoms. The Balaban J connectivity index is 2.08. The lowest BCUT2D eigenvalue weighted by atomic mass is 9.96. The van der Waals surface area contributed by atoms with Gasteiger partial charge >= 0.3 is 0 Å². The van der Waals surface area contributed by atoms with Gasteiger partial charge in [-0.25, -0.2) is 0 Å². The summed E-state index contributed by atoms with van der Waals surface area (Å²) in [4.78, 5) is 0. The van der Waals surface area contributed by atoms with Crippen LogP contribution in [-0.4, -0.2) is 16.8 Å². The number of benzene rings is 4. The van der Waals surface area contributed by atoms with Gasteiger partial charge in [0.25, 0.3) is 0 Å². The largest absolute Gasteiger partial charge is 0.504 e. The molecule has 0 unspecified atom stereocenters. The van der Waals surface area contributed by atoms with Crippen molar-refractivity contribution in [1.29, 1.82) is 0 Å². The maximum Gasteiger partial charge on any atom is 0.171 e. The van der Waals surface area contributed by atoms with Crippen LogP contribution in [0.25, 0.3) is 44.1 Å². The Morgan fingerprint density at radius 2 is 1.28 bits per heavy atom. The molecule has 1 heterocycles. The fourth-order valence-electron chi connectivity index (χ4n) is 4.38. The Labute approximate surface area is 169 Å². The van der Waals surface area contributed by atoms with E-state index in [0.717, 1.165) is 44.1 Å². The highest BCUT2D eigenvalue weighted by Crippen LogP contribution is 2.50. The average Bonchev–Trinajstić information content (AvgIpc) is 3.08. The second kappa shape index (κ2) is 6.71. The number of ether oxygens (including phenoxy) is 1. The molecule has 4 aromatic carbocycles. The molecule has 1 N–H and O–H groups in total. The highest BCUT2D eigenvalue weighted by Gasteiger charge is 2.25. The van der Waals surface area contributed by atoms with Gasteiger partial charge in [-0.15, -0.1) is 0 Å². The summed E-state index contributed by atoms with van der Waals surface area (Å²) < 4.78 is 7.99. The Hall–Kier alpha value is -3.72. The van der Waals surface area contributed by atoms with Gasteiger partial charge in [-0.1, -0.05) is 84.9 Å². The van der Waals surface area contributed by atoms with Crippen LogP contribution >= 0.6 is 0 Å². The van der Waals surface area contributed by atoms with Crippen molar-refractivity contribution in [3.63, 3.8) is 0 Å². The van der Waals surface area contributed by atoms with Crippen molar-refractivity contribution in [2.45, 2.75) is 0 Å². The Bertz CT molecular complexity index is 1340. The predicted molar refractivity (Wildman–Crippen MR) is 120 cm³/mol. The zero-order chi connectivity index (χ0) is 20.0. The summed E-state index contributed by atoms with van der Waals surface area (Å²) in [6, 6.07) is 28.6. The van der Waals surface area contributed by atoms with Crippen LogP contribution in [0.5, 0.6) is 11.5 Å². The highest BCUT2D eigenvalue weighted by molar-refractivity contribution is 6.20. The zero-order valence-electron chi connectivity index (χ0n) is 16.4. The molecule has 0 spiro atoms. The van der Waals surface area contributed by atoms with Gasteiger partial charge in [0, 0.05) is 23.4 Å². The Morgan fingerprint density at radius 1 is 0.724 bits per heavy atom. The van der Waals surface area contributed by atoms with E-state index in [2.05, 4.69) is 54.1 Å². The Kier molecular flexibility index (Phi) is 4.02. The molecule has 0 fully saturated rings. The molecule has 0 aliphatic heterocycles. The minimum Gasteiger partial charge on any atom is -0.504 e. The number of phenolic OH excluding ortho intramolecular Hbond substituents is 1. The van der Waals surface area contributed by atoms with Crippen LogP contribution in [0.2, 0.25) is 0 Å². The van der Waals surface area contributed by atoms with Gasteiger partial charge in [0.05, 0.1) is 23.7 Å². The van der Waals surface area contributed by atoms with Crippen LogP contribution in [0, 0.1) is 0 Å². The van der Waals surface area contributed by atoms with Crippen molar-refractivity contribution in [1.82, 2.24) is 4.57 Å². The van der Waals surface area contributed by atoms with E-state index < -0.39 is 0 Å². The van der Waals surface area contributed by atoms with Crippen molar-refractivity contribution < 1.29 is 9.84 Å². The number of hydrogen-bond acceptors (Lipinski definition) is 2. The summed E-state index contributed by atoms with van der Waals surface area (Å²) in [5.74, 6) is 0.688. The van der Waals surface area contributed by atoms with Gasteiger partial charge in [0.15, 0.2) is 11.5 Å². The molecular weight excluding hydrogens is 358 g/mol. The molecule has 0 radical (unpaired) electrons. The van der Waals surface area contributed by atoms with Gasteiger partial charge in [-0.05, 0) is 11.1 Å². The first kappa shape index (κ1) is 17.4. The summed E-state index contributed by atoms with van der Waals surface area (Å²) in [5.41, 5.74) is 5.42. The van der Waals surface area contributed by atoms with E-state index in [4.69, 9.17) is 4.74 Å². The van der Waals surface area contributed by atoms with Crippen LogP contribution in [0.4, 0.5) is 0 Å². The molecule has 142 valence electrons. The number of methoxy groups -OCH3 is 1. The summed E-state index contributed by atoms with van der Waals surface area (Å²) in [6.45, 7) is 0. The van der Waals surface area contributed by atoms with Gasteiger partial charge in [-0.3, -0.25) is 0 Å². The normalized spacial score (nSPS) is 11.2. The van der Waals surface area contributed by atoms with E-state index >= 15 is 0 Å². The fraction of sp³-hybridized carbons (Fsp3) is 0.0769. The van der Waals surface area contributed by atoms with E-state index in [9.17, 15) is 5.11 Å². The first-order valence-electron chi connectivity index (χ1n) is 9.63. The van der Waals surface area contributed by atoms with Crippen molar-refractivity contribution in [3.05, 3.63) is 84.9 Å². The van der Waals surface area contributed by atoms with E-state index in [-0.39, 0.29) is 5.75 Å². The summed E-state index contributed by atoms with van der Waals surface area (Å²) >= 11 is 0. The molecule has 0 atom stereocenters. The van der Waals surface area contributed by atoms with Crippen molar-refractivity contribution >= 4 is 21.7 Å². The second-order valence-corrected chi connectivity index (χ2v) is 7.17. The predicted octanol–water partition coefficient (Wildman–Crippen LogP) is 6.38. The third-order valence-electron chi connectivity index (χ3n) is 5.59. The SMILES string of the molecule is COc1c(O)c2ccccc2c2c1c(-c1ccccc1)c(-c1ccccc1)n2C. The van der Waals surface area contributed by atoms with E-state index in [0.29, 0.717) is 5.75 Å². The average molecular weight is 379 g/mol. The number of fused-ring (bicyclic) bond motifs is 3. The first-order valence-corrected chi connectivity index (χ1v) is 9.63. The standard InChI is InChI=1S/C26H21NO2/c1-27-23(18-13-7-4-8-14-18)21(17-11-5-3-6-12-17)22-24(27)19-15-9-10-16-20(19)25(28)26(22)29-2/h3-16,28H,1-2H3. The number of aromatic hydroxyl groups is 1. The van der Waals surface area contributed by atoms with Crippen LogP contribution < -0.4 is 4.74 Å². The molecule has 0 amide bonds. The lowest BCUT2D eigenvalue weighted by molar-refractivity contribution is 0.381. The molecule has 0 aliphatic carbocycles. The number of nitrogens with zero attached hydrogens (tertiary/aromatic N) is 1. The van der Waals surface area contributed by atoms with E-state index in [1.165, 1.54) is 0 Å². The summed E-state index contributed by atoms with van der Waals surface area (Å²) in [7, 11) is 3.70. The maximum absolute atomic E-state index is 11.1. The third-order valence-corrected chi connectivity index (χ3v) is 5.59. The first-order chi connectivity index (χ1) is 14.2. The lowest BCUT2D eigenvalue weighted by Gasteiger charge is -2.12. The molecule has 29 heavy (non-hydrogen) atoms. The molecule has 5 rings (SSSR count). The molecule has 5 aromatic rings. The molecule has 0 saturated carbocycles.